The summed E-state index contributed by atoms with van der Waals surface area (Å²) >= 11 is 0. The predicted octanol–water partition coefficient (Wildman–Crippen LogP) is 1.98. The Morgan fingerprint density at radius 2 is 1.91 bits per heavy atom. The number of benzene rings is 1. The van der Waals surface area contributed by atoms with Gasteiger partial charge in [0.25, 0.3) is 5.91 Å². The highest BCUT2D eigenvalue weighted by Gasteiger charge is 2.10. The van der Waals surface area contributed by atoms with Crippen LogP contribution in [0.5, 0.6) is 0 Å². The lowest BCUT2D eigenvalue weighted by atomic mass is 10.1. The Bertz CT molecular complexity index is 654. The second kappa shape index (κ2) is 7.31. The first-order valence-corrected chi connectivity index (χ1v) is 6.67. The van der Waals surface area contributed by atoms with Gasteiger partial charge in [-0.3, -0.25) is 9.78 Å². The number of ether oxygens (including phenoxy) is 1. The van der Waals surface area contributed by atoms with Crippen LogP contribution in [-0.4, -0.2) is 30.5 Å². The minimum atomic E-state index is -0.504. The van der Waals surface area contributed by atoms with Gasteiger partial charge in [-0.1, -0.05) is 12.1 Å². The van der Waals surface area contributed by atoms with Crippen LogP contribution in [0, 0.1) is 5.82 Å². The molecule has 5 nitrogen and oxygen atoms in total. The van der Waals surface area contributed by atoms with Gasteiger partial charge in [-0.05, 0) is 36.2 Å². The highest BCUT2D eigenvalue weighted by molar-refractivity contribution is 5.94. The smallest absolute Gasteiger partial charge is 0.339 e. The molecule has 0 fully saturated rings. The molecular formula is C16H15FN2O3. The van der Waals surface area contributed by atoms with Gasteiger partial charge in [-0.2, -0.15) is 0 Å². The molecule has 2 rings (SSSR count). The fraction of sp³-hybridized carbons (Fsp3) is 0.188. The van der Waals surface area contributed by atoms with E-state index in [4.69, 9.17) is 0 Å². The summed E-state index contributed by atoms with van der Waals surface area (Å²) in [6.07, 6.45) is 1.88. The van der Waals surface area contributed by atoms with Crippen molar-refractivity contribution < 1.29 is 18.7 Å². The number of carbonyl (C=O) groups is 2. The van der Waals surface area contributed by atoms with Gasteiger partial charge in [0, 0.05) is 12.7 Å². The third kappa shape index (κ3) is 4.12. The topological polar surface area (TPSA) is 68.3 Å². The fourth-order valence-electron chi connectivity index (χ4n) is 1.83. The minimum Gasteiger partial charge on any atom is -0.465 e. The van der Waals surface area contributed by atoms with E-state index < -0.39 is 5.97 Å². The van der Waals surface area contributed by atoms with Gasteiger partial charge in [0.05, 0.1) is 12.7 Å². The van der Waals surface area contributed by atoms with Crippen molar-refractivity contribution in [3.05, 3.63) is 65.2 Å². The van der Waals surface area contributed by atoms with Crippen molar-refractivity contribution in [2.75, 3.05) is 13.7 Å². The van der Waals surface area contributed by atoms with Gasteiger partial charge in [-0.15, -0.1) is 0 Å². The Morgan fingerprint density at radius 3 is 2.50 bits per heavy atom. The average Bonchev–Trinajstić information content (AvgIpc) is 2.56. The summed E-state index contributed by atoms with van der Waals surface area (Å²) in [5.74, 6) is -1.13. The van der Waals surface area contributed by atoms with Gasteiger partial charge >= 0.3 is 5.97 Å². The third-order valence-corrected chi connectivity index (χ3v) is 3.03. The van der Waals surface area contributed by atoms with Crippen LogP contribution < -0.4 is 5.32 Å². The number of hydrogen-bond acceptors (Lipinski definition) is 4. The molecule has 114 valence electrons. The highest BCUT2D eigenvalue weighted by atomic mass is 19.1. The molecule has 0 saturated carbocycles. The average molecular weight is 302 g/mol. The summed E-state index contributed by atoms with van der Waals surface area (Å²) in [7, 11) is 1.28. The lowest BCUT2D eigenvalue weighted by Gasteiger charge is -2.05. The number of halogens is 1. The summed E-state index contributed by atoms with van der Waals surface area (Å²) in [5.41, 5.74) is 1.42. The first-order valence-electron chi connectivity index (χ1n) is 6.67. The first kappa shape index (κ1) is 15.6. The summed E-state index contributed by atoms with van der Waals surface area (Å²) < 4.78 is 17.3. The zero-order valence-electron chi connectivity index (χ0n) is 12.0. The van der Waals surface area contributed by atoms with Crippen LogP contribution in [0.3, 0.4) is 0 Å². The SMILES string of the molecule is COC(=O)c1ccc(C(=O)NCCc2ccc(F)cc2)nc1. The lowest BCUT2D eigenvalue weighted by Crippen LogP contribution is -2.26. The van der Waals surface area contributed by atoms with E-state index in [-0.39, 0.29) is 23.0 Å². The fourth-order valence-corrected chi connectivity index (χ4v) is 1.83. The van der Waals surface area contributed by atoms with Gasteiger partial charge in [0.15, 0.2) is 0 Å². The molecule has 1 heterocycles. The van der Waals surface area contributed by atoms with Crippen molar-refractivity contribution in [2.45, 2.75) is 6.42 Å². The Hall–Kier alpha value is -2.76. The molecule has 6 heteroatoms. The molecule has 0 aliphatic carbocycles. The van der Waals surface area contributed by atoms with Crippen LogP contribution in [0.2, 0.25) is 0 Å². The number of pyridine rings is 1. The number of esters is 1. The number of amides is 1. The van der Waals surface area contributed by atoms with Crippen molar-refractivity contribution >= 4 is 11.9 Å². The van der Waals surface area contributed by atoms with Crippen LogP contribution in [-0.2, 0) is 11.2 Å². The van der Waals surface area contributed by atoms with E-state index in [1.807, 2.05) is 0 Å². The van der Waals surface area contributed by atoms with E-state index >= 15 is 0 Å². The van der Waals surface area contributed by atoms with E-state index in [1.165, 1.54) is 37.6 Å². The summed E-state index contributed by atoms with van der Waals surface area (Å²) in [4.78, 5) is 27.1. The van der Waals surface area contributed by atoms with E-state index in [0.29, 0.717) is 13.0 Å². The molecular weight excluding hydrogens is 287 g/mol. The Balaban J connectivity index is 1.86. The standard InChI is InChI=1S/C16H15FN2O3/c1-22-16(21)12-4-7-14(19-10-12)15(20)18-9-8-11-2-5-13(17)6-3-11/h2-7,10H,8-9H2,1H3,(H,18,20). The second-order valence-corrected chi connectivity index (χ2v) is 4.56. The molecule has 0 saturated heterocycles. The van der Waals surface area contributed by atoms with Crippen molar-refractivity contribution in [1.29, 1.82) is 0 Å². The Labute approximate surface area is 127 Å². The van der Waals surface area contributed by atoms with Crippen LogP contribution in [0.25, 0.3) is 0 Å². The molecule has 0 bridgehead atoms. The van der Waals surface area contributed by atoms with E-state index in [0.717, 1.165) is 5.56 Å². The van der Waals surface area contributed by atoms with E-state index in [1.54, 1.807) is 12.1 Å². The molecule has 1 aromatic carbocycles. The highest BCUT2D eigenvalue weighted by Crippen LogP contribution is 2.04. The lowest BCUT2D eigenvalue weighted by molar-refractivity contribution is 0.0599. The number of hydrogen-bond donors (Lipinski definition) is 1. The number of carbonyl (C=O) groups excluding carboxylic acids is 2. The Morgan fingerprint density at radius 1 is 1.18 bits per heavy atom. The zero-order chi connectivity index (χ0) is 15.9. The molecule has 0 aliphatic rings. The normalized spacial score (nSPS) is 10.1. The molecule has 22 heavy (non-hydrogen) atoms. The number of nitrogens with one attached hydrogen (secondary N) is 1. The van der Waals surface area contributed by atoms with E-state index in [2.05, 4.69) is 15.0 Å². The molecule has 0 unspecified atom stereocenters. The second-order valence-electron chi connectivity index (χ2n) is 4.56. The van der Waals surface area contributed by atoms with Crippen LogP contribution in [0.1, 0.15) is 26.4 Å². The monoisotopic (exact) mass is 302 g/mol. The quantitative estimate of drug-likeness (QED) is 0.858. The summed E-state index contributed by atoms with van der Waals surface area (Å²) in [5, 5.41) is 2.71. The maximum absolute atomic E-state index is 12.8. The molecule has 0 atom stereocenters. The summed E-state index contributed by atoms with van der Waals surface area (Å²) in [6, 6.07) is 9.04. The van der Waals surface area contributed by atoms with Gasteiger partial charge in [-0.25, -0.2) is 9.18 Å². The number of methoxy groups -OCH3 is 1. The Kier molecular flexibility index (Phi) is 5.19. The maximum Gasteiger partial charge on any atom is 0.339 e. The summed E-state index contributed by atoms with van der Waals surface area (Å²) in [6.45, 7) is 0.408. The zero-order valence-corrected chi connectivity index (χ0v) is 12.0. The van der Waals surface area contributed by atoms with Crippen molar-refractivity contribution in [1.82, 2.24) is 10.3 Å². The molecule has 2 aromatic rings. The molecule has 1 amide bonds. The van der Waals surface area contributed by atoms with E-state index in [9.17, 15) is 14.0 Å². The van der Waals surface area contributed by atoms with Gasteiger partial charge in [0.1, 0.15) is 11.5 Å². The molecule has 0 radical (unpaired) electrons. The molecule has 0 spiro atoms. The van der Waals surface area contributed by atoms with Gasteiger partial charge in [0.2, 0.25) is 0 Å². The van der Waals surface area contributed by atoms with Crippen LogP contribution >= 0.6 is 0 Å². The molecule has 1 aromatic heterocycles. The van der Waals surface area contributed by atoms with Gasteiger partial charge < -0.3 is 10.1 Å². The van der Waals surface area contributed by atoms with Crippen molar-refractivity contribution in [3.63, 3.8) is 0 Å². The number of aromatic nitrogens is 1. The van der Waals surface area contributed by atoms with Crippen molar-refractivity contribution in [2.24, 2.45) is 0 Å². The minimum absolute atomic E-state index is 0.215. The molecule has 0 aliphatic heterocycles. The van der Waals surface area contributed by atoms with Crippen LogP contribution in [0.15, 0.2) is 42.6 Å². The third-order valence-electron chi connectivity index (χ3n) is 3.03. The van der Waals surface area contributed by atoms with Crippen LogP contribution in [0.4, 0.5) is 4.39 Å². The predicted molar refractivity (Wildman–Crippen MR) is 78.0 cm³/mol. The van der Waals surface area contributed by atoms with Crippen molar-refractivity contribution in [3.8, 4) is 0 Å². The number of rotatable bonds is 5. The molecule has 1 N–H and O–H groups in total. The largest absolute Gasteiger partial charge is 0.465 e. The number of nitrogens with zero attached hydrogens (tertiary/aromatic N) is 1. The maximum atomic E-state index is 12.8. The first-order chi connectivity index (χ1) is 10.6.